The van der Waals surface area contributed by atoms with Gasteiger partial charge < -0.3 is 20.1 Å². The van der Waals surface area contributed by atoms with Gasteiger partial charge in [-0.15, -0.1) is 0 Å². The number of anilines is 2. The minimum absolute atomic E-state index is 0.199. The first kappa shape index (κ1) is 16.7. The van der Waals surface area contributed by atoms with E-state index in [0.29, 0.717) is 25.6 Å². The zero-order chi connectivity index (χ0) is 15.0. The Morgan fingerprint density at radius 3 is 2.50 bits per heavy atom. The van der Waals surface area contributed by atoms with Gasteiger partial charge in [-0.25, -0.2) is 9.97 Å². The summed E-state index contributed by atoms with van der Waals surface area (Å²) in [7, 11) is 1.69. The highest BCUT2D eigenvalue weighted by molar-refractivity contribution is 5.48. The van der Waals surface area contributed by atoms with E-state index in [2.05, 4.69) is 34.4 Å². The summed E-state index contributed by atoms with van der Waals surface area (Å²) < 4.78 is 10.6. The first-order valence-corrected chi connectivity index (χ1v) is 6.97. The first-order valence-electron chi connectivity index (χ1n) is 6.97. The third-order valence-corrected chi connectivity index (χ3v) is 2.54. The van der Waals surface area contributed by atoms with Gasteiger partial charge in [0.1, 0.15) is 18.2 Å². The molecule has 0 spiro atoms. The Morgan fingerprint density at radius 1 is 1.20 bits per heavy atom. The van der Waals surface area contributed by atoms with Crippen molar-refractivity contribution in [3.63, 3.8) is 0 Å². The van der Waals surface area contributed by atoms with Gasteiger partial charge in [0.2, 0.25) is 0 Å². The van der Waals surface area contributed by atoms with Crippen molar-refractivity contribution in [2.75, 3.05) is 37.5 Å². The largest absolute Gasteiger partial charge is 0.382 e. The second kappa shape index (κ2) is 8.01. The molecule has 0 unspecified atom stereocenters. The molecule has 0 aliphatic rings. The molecule has 0 saturated carbocycles. The lowest BCUT2D eigenvalue weighted by atomic mass is 10.1. The Balaban J connectivity index is 2.89. The fraction of sp³-hybridized carbons (Fsp3) is 0.714. The summed E-state index contributed by atoms with van der Waals surface area (Å²) in [6.07, 6.45) is 0. The maximum Gasteiger partial charge on any atom is 0.158 e. The molecule has 0 fully saturated rings. The first-order chi connectivity index (χ1) is 9.50. The minimum Gasteiger partial charge on any atom is -0.382 e. The lowest BCUT2D eigenvalue weighted by molar-refractivity contribution is 0.128. The number of methoxy groups -OCH3 is 1. The lowest BCUT2D eigenvalue weighted by Crippen LogP contribution is -2.36. The van der Waals surface area contributed by atoms with Crippen LogP contribution in [-0.2, 0) is 16.1 Å². The van der Waals surface area contributed by atoms with E-state index >= 15 is 0 Å². The molecule has 0 aliphatic carbocycles. The van der Waals surface area contributed by atoms with Gasteiger partial charge in [0, 0.05) is 26.3 Å². The number of nitrogens with zero attached hydrogens (tertiary/aromatic N) is 2. The molecule has 1 rings (SSSR count). The smallest absolute Gasteiger partial charge is 0.158 e. The SMILES string of the molecule is CCNc1cc(NC(C)(C)COC)nc(COCC)n1. The van der Waals surface area contributed by atoms with Crippen LogP contribution in [-0.4, -0.2) is 42.4 Å². The molecule has 0 bridgehead atoms. The molecular weight excluding hydrogens is 256 g/mol. The summed E-state index contributed by atoms with van der Waals surface area (Å²) in [5, 5.41) is 6.57. The second-order valence-corrected chi connectivity index (χ2v) is 5.16. The number of nitrogens with one attached hydrogen (secondary N) is 2. The third kappa shape index (κ3) is 5.71. The fourth-order valence-electron chi connectivity index (χ4n) is 1.83. The zero-order valence-corrected chi connectivity index (χ0v) is 13.1. The predicted molar refractivity (Wildman–Crippen MR) is 81.1 cm³/mol. The molecule has 6 heteroatoms. The summed E-state index contributed by atoms with van der Waals surface area (Å²) >= 11 is 0. The van der Waals surface area contributed by atoms with Gasteiger partial charge in [-0.05, 0) is 27.7 Å². The standard InChI is InChI=1S/C14H26N4O2/c1-6-15-11-8-12(18-14(3,4)10-19-5)17-13(16-11)9-20-7-2/h8H,6-7,9-10H2,1-5H3,(H2,15,16,17,18). The molecule has 0 aromatic carbocycles. The fourth-order valence-corrected chi connectivity index (χ4v) is 1.83. The van der Waals surface area contributed by atoms with Crippen LogP contribution in [0, 0.1) is 0 Å². The average molecular weight is 282 g/mol. The Bertz CT molecular complexity index is 410. The Labute approximate surface area is 121 Å². The molecule has 114 valence electrons. The Hall–Kier alpha value is -1.40. The third-order valence-electron chi connectivity index (χ3n) is 2.54. The Morgan fingerprint density at radius 2 is 1.90 bits per heavy atom. The van der Waals surface area contributed by atoms with Crippen molar-refractivity contribution >= 4 is 11.6 Å². The van der Waals surface area contributed by atoms with Crippen LogP contribution in [0.15, 0.2) is 6.07 Å². The van der Waals surface area contributed by atoms with Crippen LogP contribution in [0.25, 0.3) is 0 Å². The van der Waals surface area contributed by atoms with Gasteiger partial charge in [0.05, 0.1) is 12.1 Å². The number of hydrogen-bond donors (Lipinski definition) is 2. The molecule has 1 aromatic rings. The van der Waals surface area contributed by atoms with E-state index in [4.69, 9.17) is 9.47 Å². The predicted octanol–water partition coefficient (Wildman–Crippen LogP) is 2.28. The van der Waals surface area contributed by atoms with Crippen LogP contribution in [0.3, 0.4) is 0 Å². The summed E-state index contributed by atoms with van der Waals surface area (Å²) in [5.74, 6) is 2.24. The van der Waals surface area contributed by atoms with Crippen LogP contribution < -0.4 is 10.6 Å². The number of ether oxygens (including phenoxy) is 2. The highest BCUT2D eigenvalue weighted by atomic mass is 16.5. The van der Waals surface area contributed by atoms with Crippen molar-refractivity contribution in [3.8, 4) is 0 Å². The van der Waals surface area contributed by atoms with Gasteiger partial charge in [0.15, 0.2) is 5.82 Å². The molecule has 1 heterocycles. The molecule has 1 aromatic heterocycles. The molecule has 20 heavy (non-hydrogen) atoms. The number of aromatic nitrogens is 2. The van der Waals surface area contributed by atoms with Crippen molar-refractivity contribution in [1.82, 2.24) is 9.97 Å². The zero-order valence-electron chi connectivity index (χ0n) is 13.1. The molecule has 6 nitrogen and oxygen atoms in total. The van der Waals surface area contributed by atoms with E-state index in [0.717, 1.165) is 18.2 Å². The lowest BCUT2D eigenvalue weighted by Gasteiger charge is -2.26. The average Bonchev–Trinajstić information content (AvgIpc) is 2.35. The van der Waals surface area contributed by atoms with Gasteiger partial charge in [-0.3, -0.25) is 0 Å². The Kier molecular flexibility index (Phi) is 6.67. The van der Waals surface area contributed by atoms with Crippen LogP contribution in [0.4, 0.5) is 11.6 Å². The van der Waals surface area contributed by atoms with E-state index in [-0.39, 0.29) is 5.54 Å². The second-order valence-electron chi connectivity index (χ2n) is 5.16. The van der Waals surface area contributed by atoms with Crippen molar-refractivity contribution in [1.29, 1.82) is 0 Å². The maximum absolute atomic E-state index is 5.38. The van der Waals surface area contributed by atoms with E-state index in [1.165, 1.54) is 0 Å². The van der Waals surface area contributed by atoms with Gasteiger partial charge >= 0.3 is 0 Å². The molecule has 0 aliphatic heterocycles. The summed E-state index contributed by atoms with van der Waals surface area (Å²) in [4.78, 5) is 8.90. The van der Waals surface area contributed by atoms with E-state index in [1.54, 1.807) is 7.11 Å². The molecule has 0 radical (unpaired) electrons. The van der Waals surface area contributed by atoms with Crippen LogP contribution in [0.2, 0.25) is 0 Å². The topological polar surface area (TPSA) is 68.3 Å². The quantitative estimate of drug-likeness (QED) is 0.724. The van der Waals surface area contributed by atoms with Gasteiger partial charge in [0.25, 0.3) is 0 Å². The highest BCUT2D eigenvalue weighted by Gasteiger charge is 2.18. The van der Waals surface area contributed by atoms with E-state index in [1.807, 2.05) is 19.9 Å². The molecule has 0 atom stereocenters. The van der Waals surface area contributed by atoms with Crippen LogP contribution >= 0.6 is 0 Å². The molecule has 2 N–H and O–H groups in total. The maximum atomic E-state index is 5.38. The monoisotopic (exact) mass is 282 g/mol. The van der Waals surface area contributed by atoms with E-state index in [9.17, 15) is 0 Å². The normalized spacial score (nSPS) is 11.4. The molecule has 0 saturated heterocycles. The molecular formula is C14H26N4O2. The van der Waals surface area contributed by atoms with Crippen molar-refractivity contribution < 1.29 is 9.47 Å². The summed E-state index contributed by atoms with van der Waals surface area (Å²) in [5.41, 5.74) is -0.199. The van der Waals surface area contributed by atoms with Crippen molar-refractivity contribution in [2.45, 2.75) is 39.8 Å². The minimum atomic E-state index is -0.199. The van der Waals surface area contributed by atoms with Crippen LogP contribution in [0.5, 0.6) is 0 Å². The number of rotatable bonds is 9. The van der Waals surface area contributed by atoms with Crippen molar-refractivity contribution in [2.24, 2.45) is 0 Å². The van der Waals surface area contributed by atoms with Gasteiger partial charge in [-0.1, -0.05) is 0 Å². The van der Waals surface area contributed by atoms with Gasteiger partial charge in [-0.2, -0.15) is 0 Å². The summed E-state index contributed by atoms with van der Waals surface area (Å²) in [6.45, 7) is 10.6. The number of hydrogen-bond acceptors (Lipinski definition) is 6. The van der Waals surface area contributed by atoms with Crippen molar-refractivity contribution in [3.05, 3.63) is 11.9 Å². The molecule has 0 amide bonds. The summed E-state index contributed by atoms with van der Waals surface area (Å²) in [6, 6.07) is 1.90. The highest BCUT2D eigenvalue weighted by Crippen LogP contribution is 2.17. The van der Waals surface area contributed by atoms with Crippen LogP contribution in [0.1, 0.15) is 33.5 Å². The van der Waals surface area contributed by atoms with E-state index < -0.39 is 0 Å².